The van der Waals surface area contributed by atoms with Crippen molar-refractivity contribution in [2.24, 2.45) is 0 Å². The summed E-state index contributed by atoms with van der Waals surface area (Å²) in [5.74, 6) is 0. The molecule has 2 bridgehead atoms. The zero-order valence-corrected chi connectivity index (χ0v) is 11.7. The molecular formula is C15H19N3O2. The molecular weight excluding hydrogens is 254 g/mol. The fourth-order valence-electron chi connectivity index (χ4n) is 3.39. The average Bonchev–Trinajstić information content (AvgIpc) is 2.68. The van der Waals surface area contributed by atoms with Crippen molar-refractivity contribution >= 4 is 17.5 Å². The number of likely N-dealkylation sites (N-methyl/N-ethyl adjacent to an activating group) is 1. The first-order valence-electron chi connectivity index (χ1n) is 6.98. The van der Waals surface area contributed by atoms with Gasteiger partial charge in [0.05, 0.1) is 10.5 Å². The van der Waals surface area contributed by atoms with E-state index in [1.807, 2.05) is 12.1 Å². The molecule has 1 aromatic carbocycles. The van der Waals surface area contributed by atoms with Crippen molar-refractivity contribution in [3.05, 3.63) is 40.5 Å². The van der Waals surface area contributed by atoms with Crippen LogP contribution in [0.3, 0.4) is 0 Å². The second-order valence-electron chi connectivity index (χ2n) is 5.66. The van der Waals surface area contributed by atoms with E-state index < -0.39 is 0 Å². The van der Waals surface area contributed by atoms with Crippen molar-refractivity contribution in [3.63, 3.8) is 0 Å². The van der Waals surface area contributed by atoms with Gasteiger partial charge >= 0.3 is 0 Å². The summed E-state index contributed by atoms with van der Waals surface area (Å²) in [5, 5.41) is 11.0. The molecule has 0 amide bonds. The van der Waals surface area contributed by atoms with Gasteiger partial charge in [0.15, 0.2) is 0 Å². The molecule has 0 N–H and O–H groups in total. The van der Waals surface area contributed by atoms with Gasteiger partial charge in [-0.1, -0.05) is 12.7 Å². The third-order valence-electron chi connectivity index (χ3n) is 4.64. The number of anilines is 1. The van der Waals surface area contributed by atoms with Crippen LogP contribution in [-0.4, -0.2) is 42.0 Å². The molecule has 5 heteroatoms. The number of rotatable bonds is 3. The van der Waals surface area contributed by atoms with Crippen molar-refractivity contribution in [1.82, 2.24) is 4.90 Å². The number of benzene rings is 1. The standard InChI is InChI=1S/C15H19N3O2/c1-3-11-8-12(6-7-15(11)18(19)20)17-9-13-4-5-14(10-17)16(13)2/h3,6-8,13-14H,1,4-5,9-10H2,2H3. The molecule has 2 aliphatic heterocycles. The highest BCUT2D eigenvalue weighted by Crippen LogP contribution is 2.33. The number of hydrogen-bond donors (Lipinski definition) is 0. The lowest BCUT2D eigenvalue weighted by Crippen LogP contribution is -2.52. The van der Waals surface area contributed by atoms with Crippen LogP contribution in [0.15, 0.2) is 24.8 Å². The number of nitro groups is 1. The number of nitrogens with zero attached hydrogens (tertiary/aromatic N) is 3. The van der Waals surface area contributed by atoms with Crippen molar-refractivity contribution in [2.45, 2.75) is 24.9 Å². The maximum atomic E-state index is 11.0. The second-order valence-corrected chi connectivity index (χ2v) is 5.66. The van der Waals surface area contributed by atoms with E-state index in [9.17, 15) is 10.1 Å². The molecule has 2 saturated heterocycles. The smallest absolute Gasteiger partial charge is 0.276 e. The lowest BCUT2D eigenvalue weighted by atomic mass is 10.1. The molecule has 20 heavy (non-hydrogen) atoms. The molecule has 0 aromatic heterocycles. The Morgan fingerprint density at radius 1 is 1.35 bits per heavy atom. The highest BCUT2D eigenvalue weighted by atomic mass is 16.6. The van der Waals surface area contributed by atoms with Crippen LogP contribution < -0.4 is 4.90 Å². The topological polar surface area (TPSA) is 49.6 Å². The molecule has 2 atom stereocenters. The SMILES string of the molecule is C=Cc1cc(N2CC3CCC(C2)N3C)ccc1[N+](=O)[O-]. The highest BCUT2D eigenvalue weighted by molar-refractivity contribution is 5.66. The molecule has 0 radical (unpaired) electrons. The van der Waals surface area contributed by atoms with Gasteiger partial charge in [0.2, 0.25) is 0 Å². The van der Waals surface area contributed by atoms with E-state index in [0.717, 1.165) is 18.8 Å². The van der Waals surface area contributed by atoms with E-state index in [0.29, 0.717) is 17.6 Å². The van der Waals surface area contributed by atoms with Gasteiger partial charge in [-0.2, -0.15) is 0 Å². The van der Waals surface area contributed by atoms with E-state index >= 15 is 0 Å². The van der Waals surface area contributed by atoms with Crippen LogP contribution in [-0.2, 0) is 0 Å². The molecule has 2 fully saturated rings. The van der Waals surface area contributed by atoms with E-state index in [4.69, 9.17) is 0 Å². The Balaban J connectivity index is 1.88. The van der Waals surface area contributed by atoms with Crippen LogP contribution in [0.1, 0.15) is 18.4 Å². The summed E-state index contributed by atoms with van der Waals surface area (Å²) < 4.78 is 0. The largest absolute Gasteiger partial charge is 0.368 e. The molecule has 1 aromatic rings. The zero-order valence-electron chi connectivity index (χ0n) is 11.7. The van der Waals surface area contributed by atoms with Gasteiger partial charge in [0.25, 0.3) is 5.69 Å². The highest BCUT2D eigenvalue weighted by Gasteiger charge is 2.37. The molecule has 106 valence electrons. The maximum Gasteiger partial charge on any atom is 0.276 e. The number of fused-ring (bicyclic) bond motifs is 2. The summed E-state index contributed by atoms with van der Waals surface area (Å²) in [6.45, 7) is 5.69. The van der Waals surface area contributed by atoms with Gasteiger partial charge in [-0.05, 0) is 32.0 Å². The summed E-state index contributed by atoms with van der Waals surface area (Å²) >= 11 is 0. The fraction of sp³-hybridized carbons (Fsp3) is 0.467. The summed E-state index contributed by atoms with van der Waals surface area (Å²) in [7, 11) is 2.20. The normalized spacial score (nSPS) is 25.8. The molecule has 2 heterocycles. The van der Waals surface area contributed by atoms with Gasteiger partial charge in [-0.25, -0.2) is 0 Å². The van der Waals surface area contributed by atoms with Crippen LogP contribution in [0, 0.1) is 10.1 Å². The van der Waals surface area contributed by atoms with Crippen molar-refractivity contribution in [3.8, 4) is 0 Å². The van der Waals surface area contributed by atoms with Crippen LogP contribution in [0.5, 0.6) is 0 Å². The predicted octanol–water partition coefficient (Wildman–Crippen LogP) is 2.52. The monoisotopic (exact) mass is 273 g/mol. The van der Waals surface area contributed by atoms with Gasteiger partial charge in [0, 0.05) is 36.9 Å². The van der Waals surface area contributed by atoms with Gasteiger partial charge in [0.1, 0.15) is 0 Å². The minimum Gasteiger partial charge on any atom is -0.368 e. The Morgan fingerprint density at radius 3 is 2.55 bits per heavy atom. The predicted molar refractivity (Wildman–Crippen MR) is 80.0 cm³/mol. The minimum absolute atomic E-state index is 0.126. The molecule has 3 rings (SSSR count). The Labute approximate surface area is 118 Å². The van der Waals surface area contributed by atoms with Crippen LogP contribution in [0.2, 0.25) is 0 Å². The molecule has 0 saturated carbocycles. The van der Waals surface area contributed by atoms with Crippen molar-refractivity contribution in [2.75, 3.05) is 25.0 Å². The summed E-state index contributed by atoms with van der Waals surface area (Å²) in [4.78, 5) is 15.4. The van der Waals surface area contributed by atoms with E-state index in [1.54, 1.807) is 12.1 Å². The van der Waals surface area contributed by atoms with Crippen LogP contribution in [0.4, 0.5) is 11.4 Å². The van der Waals surface area contributed by atoms with Gasteiger partial charge in [-0.15, -0.1) is 0 Å². The molecule has 2 unspecified atom stereocenters. The van der Waals surface area contributed by atoms with Crippen LogP contribution >= 0.6 is 0 Å². The van der Waals surface area contributed by atoms with E-state index in [2.05, 4.69) is 23.4 Å². The van der Waals surface area contributed by atoms with Crippen LogP contribution in [0.25, 0.3) is 6.08 Å². The Hall–Kier alpha value is -1.88. The first-order chi connectivity index (χ1) is 9.60. The average molecular weight is 273 g/mol. The molecule has 0 aliphatic carbocycles. The summed E-state index contributed by atoms with van der Waals surface area (Å²) in [6.07, 6.45) is 4.06. The first kappa shape index (κ1) is 13.1. The van der Waals surface area contributed by atoms with Crippen molar-refractivity contribution < 1.29 is 4.92 Å². The van der Waals surface area contributed by atoms with Crippen molar-refractivity contribution in [1.29, 1.82) is 0 Å². The lowest BCUT2D eigenvalue weighted by Gasteiger charge is -2.40. The third kappa shape index (κ3) is 2.08. The first-order valence-corrected chi connectivity index (χ1v) is 6.98. The molecule has 5 nitrogen and oxygen atoms in total. The third-order valence-corrected chi connectivity index (χ3v) is 4.64. The zero-order chi connectivity index (χ0) is 14.3. The lowest BCUT2D eigenvalue weighted by molar-refractivity contribution is -0.385. The fourth-order valence-corrected chi connectivity index (χ4v) is 3.39. The maximum absolute atomic E-state index is 11.0. The minimum atomic E-state index is -0.353. The summed E-state index contributed by atoms with van der Waals surface area (Å²) in [6, 6.07) is 6.55. The molecule has 0 spiro atoms. The quantitative estimate of drug-likeness (QED) is 0.627. The van der Waals surface area contributed by atoms with E-state index in [1.165, 1.54) is 12.8 Å². The summed E-state index contributed by atoms with van der Waals surface area (Å²) in [5.41, 5.74) is 1.79. The Bertz CT molecular complexity index is 544. The Kier molecular flexibility index (Phi) is 3.22. The number of hydrogen-bond acceptors (Lipinski definition) is 4. The van der Waals surface area contributed by atoms with Gasteiger partial charge in [-0.3, -0.25) is 15.0 Å². The number of piperazine rings is 1. The van der Waals surface area contributed by atoms with Gasteiger partial charge < -0.3 is 4.90 Å². The Morgan fingerprint density at radius 2 is 2.00 bits per heavy atom. The second kappa shape index (κ2) is 4.90. The number of nitro benzene ring substituents is 1. The molecule has 2 aliphatic rings. The van der Waals surface area contributed by atoms with E-state index in [-0.39, 0.29) is 10.6 Å².